The molecule has 1 aromatic carbocycles. The van der Waals surface area contributed by atoms with Gasteiger partial charge < -0.3 is 5.32 Å². The van der Waals surface area contributed by atoms with Crippen LogP contribution in [-0.4, -0.2) is 12.1 Å². The van der Waals surface area contributed by atoms with Gasteiger partial charge in [0.25, 0.3) is 0 Å². The Bertz CT molecular complexity index is 427. The predicted molar refractivity (Wildman–Crippen MR) is 86.1 cm³/mol. The number of rotatable bonds is 4. The topological polar surface area (TPSA) is 12.0 Å². The number of hydrogen-bond donors (Lipinski definition) is 1. The average Bonchev–Trinajstić information content (AvgIpc) is 2.43. The molecule has 0 heterocycles. The van der Waals surface area contributed by atoms with Gasteiger partial charge >= 0.3 is 0 Å². The van der Waals surface area contributed by atoms with Gasteiger partial charge in [-0.05, 0) is 56.9 Å². The highest BCUT2D eigenvalue weighted by Crippen LogP contribution is 2.38. The molecular formula is C19H29N. The van der Waals surface area contributed by atoms with E-state index in [-0.39, 0.29) is 0 Å². The Morgan fingerprint density at radius 2 is 1.85 bits per heavy atom. The first-order valence-electron chi connectivity index (χ1n) is 8.55. The van der Waals surface area contributed by atoms with Crippen molar-refractivity contribution >= 4 is 0 Å². The monoisotopic (exact) mass is 271 g/mol. The van der Waals surface area contributed by atoms with E-state index < -0.39 is 0 Å². The van der Waals surface area contributed by atoms with Gasteiger partial charge in [-0.2, -0.15) is 0 Å². The normalized spacial score (nSPS) is 28.9. The van der Waals surface area contributed by atoms with Crippen molar-refractivity contribution in [3.05, 3.63) is 35.4 Å². The summed E-state index contributed by atoms with van der Waals surface area (Å²) in [4.78, 5) is 0. The molecule has 0 radical (unpaired) electrons. The fourth-order valence-electron chi connectivity index (χ4n) is 4.09. The van der Waals surface area contributed by atoms with E-state index in [1.807, 2.05) is 0 Å². The van der Waals surface area contributed by atoms with E-state index >= 15 is 0 Å². The molecule has 3 rings (SSSR count). The van der Waals surface area contributed by atoms with Gasteiger partial charge in [-0.3, -0.25) is 0 Å². The van der Waals surface area contributed by atoms with Crippen LogP contribution in [0.4, 0.5) is 0 Å². The van der Waals surface area contributed by atoms with Crippen molar-refractivity contribution in [2.24, 2.45) is 5.92 Å². The van der Waals surface area contributed by atoms with Gasteiger partial charge in [0.05, 0.1) is 0 Å². The molecule has 2 aliphatic rings. The Balaban J connectivity index is 1.46. The van der Waals surface area contributed by atoms with E-state index in [0.717, 1.165) is 23.9 Å². The van der Waals surface area contributed by atoms with Crippen LogP contribution >= 0.6 is 0 Å². The minimum absolute atomic E-state index is 0.721. The van der Waals surface area contributed by atoms with Crippen molar-refractivity contribution in [1.82, 2.24) is 5.32 Å². The number of benzene rings is 1. The number of aryl methyl sites for hydroxylation is 1. The second-order valence-corrected chi connectivity index (χ2v) is 7.13. The van der Waals surface area contributed by atoms with Crippen LogP contribution in [0, 0.1) is 12.8 Å². The third-order valence-electron chi connectivity index (χ3n) is 5.51. The summed E-state index contributed by atoms with van der Waals surface area (Å²) >= 11 is 0. The maximum atomic E-state index is 3.90. The van der Waals surface area contributed by atoms with Crippen molar-refractivity contribution in [1.29, 1.82) is 0 Å². The van der Waals surface area contributed by atoms with E-state index in [1.54, 1.807) is 5.56 Å². The minimum atomic E-state index is 0.721. The Hall–Kier alpha value is -0.820. The molecule has 0 amide bonds. The van der Waals surface area contributed by atoms with Crippen molar-refractivity contribution in [3.63, 3.8) is 0 Å². The van der Waals surface area contributed by atoms with Crippen LogP contribution in [0.2, 0.25) is 0 Å². The molecule has 0 bridgehead atoms. The lowest BCUT2D eigenvalue weighted by atomic mass is 9.74. The first kappa shape index (κ1) is 14.1. The molecular weight excluding hydrogens is 242 g/mol. The van der Waals surface area contributed by atoms with Crippen LogP contribution < -0.4 is 5.32 Å². The van der Waals surface area contributed by atoms with E-state index in [4.69, 9.17) is 0 Å². The highest BCUT2D eigenvalue weighted by Gasteiger charge is 2.32. The number of hydrogen-bond acceptors (Lipinski definition) is 1. The van der Waals surface area contributed by atoms with E-state index in [2.05, 4.69) is 43.4 Å². The SMILES string of the molecule is Cc1cccc(C2CC(N[C@@H](C)C3CCCCC3)C2)c1. The van der Waals surface area contributed by atoms with E-state index in [9.17, 15) is 0 Å². The van der Waals surface area contributed by atoms with E-state index in [1.165, 1.54) is 50.5 Å². The van der Waals surface area contributed by atoms with Crippen molar-refractivity contribution in [2.45, 2.75) is 76.8 Å². The standard InChI is InChI=1S/C19H29N/c1-14-7-6-10-17(11-14)18-12-19(13-18)20-15(2)16-8-4-3-5-9-16/h6-7,10-11,15-16,18-20H,3-5,8-9,12-13H2,1-2H3/t15-,18?,19?/m0/s1. The summed E-state index contributed by atoms with van der Waals surface area (Å²) in [5.41, 5.74) is 2.95. The minimum Gasteiger partial charge on any atom is -0.311 e. The molecule has 1 heteroatoms. The second kappa shape index (κ2) is 6.30. The van der Waals surface area contributed by atoms with Crippen LogP contribution in [0.25, 0.3) is 0 Å². The van der Waals surface area contributed by atoms with Gasteiger partial charge in [0.1, 0.15) is 0 Å². The molecule has 1 aromatic rings. The van der Waals surface area contributed by atoms with Gasteiger partial charge in [0.2, 0.25) is 0 Å². The summed E-state index contributed by atoms with van der Waals surface area (Å²) in [6.07, 6.45) is 9.92. The predicted octanol–water partition coefficient (Wildman–Crippen LogP) is 4.80. The van der Waals surface area contributed by atoms with Crippen molar-refractivity contribution in [3.8, 4) is 0 Å². The summed E-state index contributed by atoms with van der Waals surface area (Å²) in [5, 5.41) is 3.90. The van der Waals surface area contributed by atoms with Gasteiger partial charge in [0, 0.05) is 12.1 Å². The summed E-state index contributed by atoms with van der Waals surface area (Å²) in [6.45, 7) is 4.61. The highest BCUT2D eigenvalue weighted by atomic mass is 15.0. The Morgan fingerprint density at radius 1 is 1.10 bits per heavy atom. The molecule has 2 saturated carbocycles. The largest absolute Gasteiger partial charge is 0.311 e. The smallest absolute Gasteiger partial charge is 0.00813 e. The lowest BCUT2D eigenvalue weighted by molar-refractivity contribution is 0.211. The summed E-state index contributed by atoms with van der Waals surface area (Å²) in [7, 11) is 0. The summed E-state index contributed by atoms with van der Waals surface area (Å²) in [5.74, 6) is 1.73. The molecule has 1 N–H and O–H groups in total. The molecule has 110 valence electrons. The fourth-order valence-corrected chi connectivity index (χ4v) is 4.09. The first-order valence-corrected chi connectivity index (χ1v) is 8.55. The lowest BCUT2D eigenvalue weighted by Gasteiger charge is -2.40. The van der Waals surface area contributed by atoms with Crippen LogP contribution in [0.15, 0.2) is 24.3 Å². The Labute approximate surface area is 124 Å². The zero-order valence-corrected chi connectivity index (χ0v) is 13.1. The molecule has 0 aromatic heterocycles. The third kappa shape index (κ3) is 3.25. The zero-order chi connectivity index (χ0) is 13.9. The molecule has 0 aliphatic heterocycles. The van der Waals surface area contributed by atoms with Crippen LogP contribution in [0.3, 0.4) is 0 Å². The maximum Gasteiger partial charge on any atom is 0.00813 e. The zero-order valence-electron chi connectivity index (χ0n) is 13.1. The molecule has 2 fully saturated rings. The molecule has 0 spiro atoms. The van der Waals surface area contributed by atoms with E-state index in [0.29, 0.717) is 0 Å². The van der Waals surface area contributed by atoms with Gasteiger partial charge in [-0.25, -0.2) is 0 Å². The molecule has 1 atom stereocenters. The quantitative estimate of drug-likeness (QED) is 0.829. The van der Waals surface area contributed by atoms with Gasteiger partial charge in [-0.1, -0.05) is 49.1 Å². The number of nitrogens with one attached hydrogen (secondary N) is 1. The molecule has 20 heavy (non-hydrogen) atoms. The lowest BCUT2D eigenvalue weighted by Crippen LogP contribution is -2.47. The maximum absolute atomic E-state index is 3.90. The van der Waals surface area contributed by atoms with Crippen LogP contribution in [-0.2, 0) is 0 Å². The second-order valence-electron chi connectivity index (χ2n) is 7.13. The van der Waals surface area contributed by atoms with Gasteiger partial charge in [0.15, 0.2) is 0 Å². The Morgan fingerprint density at radius 3 is 2.55 bits per heavy atom. The molecule has 0 saturated heterocycles. The first-order chi connectivity index (χ1) is 9.72. The van der Waals surface area contributed by atoms with Crippen LogP contribution in [0.5, 0.6) is 0 Å². The average molecular weight is 271 g/mol. The summed E-state index contributed by atoms with van der Waals surface area (Å²) < 4.78 is 0. The fraction of sp³-hybridized carbons (Fsp3) is 0.684. The van der Waals surface area contributed by atoms with Gasteiger partial charge in [-0.15, -0.1) is 0 Å². The summed E-state index contributed by atoms with van der Waals surface area (Å²) in [6, 6.07) is 10.6. The van der Waals surface area contributed by atoms with Crippen molar-refractivity contribution in [2.75, 3.05) is 0 Å². The third-order valence-corrected chi connectivity index (χ3v) is 5.51. The molecule has 0 unspecified atom stereocenters. The highest BCUT2D eigenvalue weighted by molar-refractivity contribution is 5.27. The Kier molecular flexibility index (Phi) is 4.45. The molecule has 2 aliphatic carbocycles. The molecule has 1 nitrogen and oxygen atoms in total. The van der Waals surface area contributed by atoms with Crippen LogP contribution in [0.1, 0.15) is 68.9 Å². The van der Waals surface area contributed by atoms with Crippen molar-refractivity contribution < 1.29 is 0 Å².